The van der Waals surface area contributed by atoms with E-state index in [4.69, 9.17) is 0 Å². The Labute approximate surface area is 129 Å². The summed E-state index contributed by atoms with van der Waals surface area (Å²) in [4.78, 5) is 15.2. The number of nitrogens with zero attached hydrogens (tertiary/aromatic N) is 1. The molecular weight excluding hydrogens is 260 g/mol. The molecule has 1 heterocycles. The van der Waals surface area contributed by atoms with E-state index in [1.807, 2.05) is 0 Å². The third-order valence-electron chi connectivity index (χ3n) is 5.98. The molecular formula is C18H32N2O. The highest BCUT2D eigenvalue weighted by Crippen LogP contribution is 2.43. The predicted molar refractivity (Wildman–Crippen MR) is 85.8 cm³/mol. The molecule has 0 aromatic rings. The lowest BCUT2D eigenvalue weighted by atomic mass is 9.91. The first-order valence-electron chi connectivity index (χ1n) is 9.10. The second-order valence-corrected chi connectivity index (χ2v) is 8.30. The van der Waals surface area contributed by atoms with Crippen LogP contribution in [-0.2, 0) is 4.79 Å². The summed E-state index contributed by atoms with van der Waals surface area (Å²) in [7, 11) is 0. The van der Waals surface area contributed by atoms with Crippen molar-refractivity contribution in [3.05, 3.63) is 0 Å². The summed E-state index contributed by atoms with van der Waals surface area (Å²) in [5, 5.41) is 3.71. The number of rotatable bonds is 4. The van der Waals surface area contributed by atoms with Crippen LogP contribution in [0.5, 0.6) is 0 Å². The molecule has 3 rings (SSSR count). The quantitative estimate of drug-likeness (QED) is 0.857. The molecule has 120 valence electrons. The molecule has 3 unspecified atom stereocenters. The van der Waals surface area contributed by atoms with Gasteiger partial charge in [0.25, 0.3) is 0 Å². The molecule has 0 aromatic carbocycles. The number of carbonyl (C=O) groups excluding carboxylic acids is 1. The smallest absolute Gasteiger partial charge is 0.241 e. The fraction of sp³-hybridized carbons (Fsp3) is 0.944. The molecule has 0 bridgehead atoms. The van der Waals surface area contributed by atoms with Gasteiger partial charge < -0.3 is 4.90 Å². The van der Waals surface area contributed by atoms with Crippen LogP contribution < -0.4 is 5.32 Å². The van der Waals surface area contributed by atoms with Crippen molar-refractivity contribution in [2.24, 2.45) is 11.3 Å². The molecule has 1 N–H and O–H groups in total. The molecule has 21 heavy (non-hydrogen) atoms. The molecule has 1 saturated heterocycles. The van der Waals surface area contributed by atoms with Gasteiger partial charge in [0.15, 0.2) is 0 Å². The van der Waals surface area contributed by atoms with Gasteiger partial charge in [0.1, 0.15) is 0 Å². The van der Waals surface area contributed by atoms with Crippen molar-refractivity contribution in [3.8, 4) is 0 Å². The van der Waals surface area contributed by atoms with Crippen LogP contribution in [0.4, 0.5) is 0 Å². The monoisotopic (exact) mass is 292 g/mol. The second kappa shape index (κ2) is 5.91. The van der Waals surface area contributed by atoms with Crippen LogP contribution in [0.2, 0.25) is 0 Å². The summed E-state index contributed by atoms with van der Waals surface area (Å²) in [5.41, 5.74) is 0.411. The molecule has 1 amide bonds. The van der Waals surface area contributed by atoms with Gasteiger partial charge in [0.2, 0.25) is 5.91 Å². The summed E-state index contributed by atoms with van der Waals surface area (Å²) >= 11 is 0. The van der Waals surface area contributed by atoms with Crippen molar-refractivity contribution in [1.29, 1.82) is 0 Å². The molecule has 2 aliphatic carbocycles. The van der Waals surface area contributed by atoms with Gasteiger partial charge in [0, 0.05) is 6.04 Å². The van der Waals surface area contributed by atoms with Gasteiger partial charge in [-0.3, -0.25) is 10.1 Å². The van der Waals surface area contributed by atoms with Gasteiger partial charge in [0.05, 0.1) is 12.2 Å². The van der Waals surface area contributed by atoms with Crippen molar-refractivity contribution in [2.75, 3.05) is 0 Å². The summed E-state index contributed by atoms with van der Waals surface area (Å²) in [5.74, 6) is 1.09. The fourth-order valence-electron chi connectivity index (χ4n) is 4.85. The fourth-order valence-corrected chi connectivity index (χ4v) is 4.85. The van der Waals surface area contributed by atoms with E-state index in [0.29, 0.717) is 29.4 Å². The zero-order chi connectivity index (χ0) is 15.0. The highest BCUT2D eigenvalue weighted by molar-refractivity contribution is 5.84. The Morgan fingerprint density at radius 3 is 2.52 bits per heavy atom. The van der Waals surface area contributed by atoms with Crippen LogP contribution >= 0.6 is 0 Å². The summed E-state index contributed by atoms with van der Waals surface area (Å²) in [6.07, 6.45) is 11.4. The first kappa shape index (κ1) is 15.3. The van der Waals surface area contributed by atoms with E-state index in [0.717, 1.165) is 12.8 Å². The Bertz CT molecular complexity index is 387. The average Bonchev–Trinajstić information content (AvgIpc) is 3.11. The molecule has 0 aromatic heterocycles. The molecule has 2 saturated carbocycles. The van der Waals surface area contributed by atoms with E-state index in [2.05, 4.69) is 31.0 Å². The highest BCUT2D eigenvalue weighted by atomic mass is 16.2. The highest BCUT2D eigenvalue weighted by Gasteiger charge is 2.48. The van der Waals surface area contributed by atoms with Crippen LogP contribution in [-0.4, -0.2) is 29.1 Å². The molecule has 3 nitrogen and oxygen atoms in total. The van der Waals surface area contributed by atoms with Crippen LogP contribution in [0, 0.1) is 11.3 Å². The summed E-state index contributed by atoms with van der Waals surface area (Å²) < 4.78 is 0. The SMILES string of the molecule is CCCC1NC(C2CCCC2)N(C2CCC(C)(C)C2)C1=O. The largest absolute Gasteiger partial charge is 0.323 e. The second-order valence-electron chi connectivity index (χ2n) is 8.30. The Hall–Kier alpha value is -0.570. The van der Waals surface area contributed by atoms with E-state index in [-0.39, 0.29) is 6.04 Å². The summed E-state index contributed by atoms with van der Waals surface area (Å²) in [6, 6.07) is 0.566. The third kappa shape index (κ3) is 2.99. The Kier molecular flexibility index (Phi) is 4.31. The predicted octanol–water partition coefficient (Wildman–Crippen LogP) is 3.68. The average molecular weight is 292 g/mol. The Balaban J connectivity index is 1.77. The molecule has 3 atom stereocenters. The minimum Gasteiger partial charge on any atom is -0.323 e. The first-order valence-corrected chi connectivity index (χ1v) is 9.10. The number of carbonyl (C=O) groups is 1. The first-order chi connectivity index (χ1) is 10.0. The number of hydrogen-bond acceptors (Lipinski definition) is 2. The molecule has 1 aliphatic heterocycles. The van der Waals surface area contributed by atoms with Crippen molar-refractivity contribution < 1.29 is 4.79 Å². The van der Waals surface area contributed by atoms with Gasteiger partial charge in [-0.15, -0.1) is 0 Å². The van der Waals surface area contributed by atoms with Gasteiger partial charge in [-0.25, -0.2) is 0 Å². The van der Waals surface area contributed by atoms with Gasteiger partial charge in [-0.1, -0.05) is 40.0 Å². The minimum absolute atomic E-state index is 0.0873. The van der Waals surface area contributed by atoms with Crippen LogP contribution in [0.15, 0.2) is 0 Å². The van der Waals surface area contributed by atoms with Gasteiger partial charge in [-0.05, 0) is 49.9 Å². The maximum absolute atomic E-state index is 12.9. The van der Waals surface area contributed by atoms with Crippen LogP contribution in [0.3, 0.4) is 0 Å². The Morgan fingerprint density at radius 2 is 1.95 bits per heavy atom. The summed E-state index contributed by atoms with van der Waals surface area (Å²) in [6.45, 7) is 6.89. The lowest BCUT2D eigenvalue weighted by Gasteiger charge is -2.34. The van der Waals surface area contributed by atoms with Crippen molar-refractivity contribution >= 4 is 5.91 Å². The van der Waals surface area contributed by atoms with E-state index in [9.17, 15) is 4.79 Å². The van der Waals surface area contributed by atoms with Crippen molar-refractivity contribution in [3.63, 3.8) is 0 Å². The number of hydrogen-bond donors (Lipinski definition) is 1. The Morgan fingerprint density at radius 1 is 1.24 bits per heavy atom. The molecule has 0 spiro atoms. The van der Waals surface area contributed by atoms with E-state index in [1.54, 1.807) is 0 Å². The van der Waals surface area contributed by atoms with Gasteiger partial charge in [-0.2, -0.15) is 0 Å². The maximum atomic E-state index is 12.9. The lowest BCUT2D eigenvalue weighted by molar-refractivity contribution is -0.133. The van der Waals surface area contributed by atoms with E-state index in [1.165, 1.54) is 44.9 Å². The molecule has 3 aliphatic rings. The number of amides is 1. The normalized spacial score (nSPS) is 36.8. The maximum Gasteiger partial charge on any atom is 0.241 e. The lowest BCUT2D eigenvalue weighted by Crippen LogP contribution is -2.47. The minimum atomic E-state index is 0.0873. The molecule has 3 fully saturated rings. The topological polar surface area (TPSA) is 32.3 Å². The van der Waals surface area contributed by atoms with Crippen molar-refractivity contribution in [2.45, 2.75) is 96.8 Å². The standard InChI is InChI=1S/C18H32N2O/c1-4-7-15-17(21)20(14-10-11-18(2,3)12-14)16(19-15)13-8-5-6-9-13/h13-16,19H,4-12H2,1-3H3. The van der Waals surface area contributed by atoms with Crippen LogP contribution in [0.25, 0.3) is 0 Å². The zero-order valence-electron chi connectivity index (χ0n) is 14.0. The van der Waals surface area contributed by atoms with E-state index >= 15 is 0 Å². The van der Waals surface area contributed by atoms with Crippen LogP contribution in [0.1, 0.15) is 78.6 Å². The van der Waals surface area contributed by atoms with E-state index < -0.39 is 0 Å². The zero-order valence-corrected chi connectivity index (χ0v) is 14.0. The van der Waals surface area contributed by atoms with Crippen molar-refractivity contribution in [1.82, 2.24) is 10.2 Å². The number of nitrogens with one attached hydrogen (secondary N) is 1. The molecule has 0 radical (unpaired) electrons. The third-order valence-corrected chi connectivity index (χ3v) is 5.98. The van der Waals surface area contributed by atoms with Gasteiger partial charge >= 0.3 is 0 Å². The molecule has 3 heteroatoms.